The number of phenolic OH excluding ortho intramolecular Hbond substituents is 1. The zero-order valence-electron chi connectivity index (χ0n) is 34.7. The lowest BCUT2D eigenvalue weighted by atomic mass is 9.43. The maximum atomic E-state index is 11.9. The van der Waals surface area contributed by atoms with E-state index < -0.39 is 0 Å². The van der Waals surface area contributed by atoms with Crippen molar-refractivity contribution in [2.24, 2.45) is 52.3 Å². The fourth-order valence-electron chi connectivity index (χ4n) is 12.6. The second-order valence-corrected chi connectivity index (χ2v) is 19.4. The largest absolute Gasteiger partial charge is 0.504 e. The zero-order chi connectivity index (χ0) is 37.1. The Morgan fingerprint density at radius 3 is 2.21 bits per heavy atom. The van der Waals surface area contributed by atoms with E-state index in [9.17, 15) is 10.2 Å². The molecule has 0 bridgehead atoms. The Labute approximate surface area is 320 Å². The summed E-state index contributed by atoms with van der Waals surface area (Å²) in [5.41, 5.74) is 2.12. The molecule has 52 heavy (non-hydrogen) atoms. The first-order valence-electron chi connectivity index (χ1n) is 22.5. The average Bonchev–Trinajstić information content (AvgIpc) is 3.48. The first-order valence-corrected chi connectivity index (χ1v) is 22.5. The highest BCUT2D eigenvalue weighted by atomic mass is 16.5. The van der Waals surface area contributed by atoms with E-state index >= 15 is 0 Å². The molecule has 0 amide bonds. The summed E-state index contributed by atoms with van der Waals surface area (Å²) in [5, 5.41) is 29.3. The number of aliphatic hydroxyl groups is 1. The van der Waals surface area contributed by atoms with Gasteiger partial charge in [0.2, 0.25) is 0 Å². The van der Waals surface area contributed by atoms with Crippen LogP contribution in [0.1, 0.15) is 169 Å². The first kappa shape index (κ1) is 41.9. The fraction of sp³-hybridized carbons (Fsp3) is 0.872. The van der Waals surface area contributed by atoms with Crippen LogP contribution in [0.15, 0.2) is 18.2 Å². The fourth-order valence-corrected chi connectivity index (χ4v) is 12.6. The number of unbranched alkanes of at least 4 members (excludes halogenated alkanes) is 7. The monoisotopic (exact) mass is 723 g/mol. The molecule has 0 aromatic heterocycles. The molecule has 4 fully saturated rings. The first-order chi connectivity index (χ1) is 25.1. The van der Waals surface area contributed by atoms with E-state index in [1.165, 1.54) is 128 Å². The molecule has 0 heterocycles. The lowest BCUT2D eigenvalue weighted by molar-refractivity contribution is -0.167. The van der Waals surface area contributed by atoms with Crippen molar-refractivity contribution in [3.63, 3.8) is 0 Å². The number of methoxy groups -OCH3 is 1. The molecule has 4 saturated carbocycles. The summed E-state index contributed by atoms with van der Waals surface area (Å²) in [6, 6.07) is 6.35. The number of aromatic hydroxyl groups is 1. The molecular formula is C47H82N2O3. The number of rotatable bonds is 22. The maximum Gasteiger partial charge on any atom is 0.160 e. The molecule has 1 aromatic rings. The van der Waals surface area contributed by atoms with Crippen LogP contribution in [0.2, 0.25) is 0 Å². The van der Waals surface area contributed by atoms with E-state index in [0.29, 0.717) is 34.5 Å². The molecule has 4 N–H and O–H groups in total. The smallest absolute Gasteiger partial charge is 0.160 e. The Morgan fingerprint density at radius 2 is 1.46 bits per heavy atom. The predicted molar refractivity (Wildman–Crippen MR) is 219 cm³/mol. The van der Waals surface area contributed by atoms with Gasteiger partial charge in [-0.05, 0) is 167 Å². The van der Waals surface area contributed by atoms with E-state index in [-0.39, 0.29) is 11.9 Å². The lowest BCUT2D eigenvalue weighted by Gasteiger charge is -2.62. The standard InChI is InChI=1S/C47H82N2O3/c1-34(2)17-15-18-35(3)39-21-22-40-45-41(25-27-47(39,40)5)46(4)26-24-38(32-37(46)33-43(45)51)49-30-16-29-48-28-14-12-10-8-7-9-11-13-19-36-20-23-42(50)44(31-36)52-6/h20,23,31,34-35,37-41,43,45,48-51H,7-19,21-22,24-30,32-33H2,1-6H3/t35-,37-,38+,39-,40?,41?,43?,45?,46+,47-/m1/s1. The van der Waals surface area contributed by atoms with Crippen LogP contribution in [-0.4, -0.2) is 49.1 Å². The van der Waals surface area contributed by atoms with Gasteiger partial charge >= 0.3 is 0 Å². The van der Waals surface area contributed by atoms with Gasteiger partial charge in [-0.25, -0.2) is 0 Å². The number of benzene rings is 1. The topological polar surface area (TPSA) is 73.8 Å². The number of ether oxygens (including phenoxy) is 1. The minimum Gasteiger partial charge on any atom is -0.504 e. The van der Waals surface area contributed by atoms with Gasteiger partial charge in [-0.1, -0.05) is 98.5 Å². The highest BCUT2D eigenvalue weighted by molar-refractivity contribution is 5.41. The summed E-state index contributed by atoms with van der Waals surface area (Å²) in [5.74, 6) is 6.01. The van der Waals surface area contributed by atoms with Gasteiger partial charge < -0.3 is 25.6 Å². The Hall–Kier alpha value is -1.30. The normalized spacial score (nSPS) is 33.4. The second-order valence-electron chi connectivity index (χ2n) is 19.4. The Morgan fingerprint density at radius 1 is 0.769 bits per heavy atom. The molecule has 298 valence electrons. The number of hydrogen-bond donors (Lipinski definition) is 4. The van der Waals surface area contributed by atoms with Crippen molar-refractivity contribution in [3.8, 4) is 11.5 Å². The quantitative estimate of drug-likeness (QED) is 0.0897. The van der Waals surface area contributed by atoms with E-state index in [4.69, 9.17) is 4.74 Å². The van der Waals surface area contributed by atoms with Gasteiger partial charge in [0.1, 0.15) is 0 Å². The number of nitrogens with one attached hydrogen (secondary N) is 2. The summed E-state index contributed by atoms with van der Waals surface area (Å²) in [6.45, 7) is 16.0. The third-order valence-corrected chi connectivity index (χ3v) is 15.7. The van der Waals surface area contributed by atoms with Gasteiger partial charge in [0.05, 0.1) is 13.2 Å². The lowest BCUT2D eigenvalue weighted by Crippen LogP contribution is -2.59. The van der Waals surface area contributed by atoms with Crippen molar-refractivity contribution in [2.75, 3.05) is 26.7 Å². The molecule has 0 radical (unpaired) electrons. The highest BCUT2D eigenvalue weighted by Crippen LogP contribution is 2.68. The van der Waals surface area contributed by atoms with Crippen molar-refractivity contribution in [3.05, 3.63) is 23.8 Å². The van der Waals surface area contributed by atoms with Crippen LogP contribution >= 0.6 is 0 Å². The van der Waals surface area contributed by atoms with Crippen LogP contribution in [-0.2, 0) is 6.42 Å². The van der Waals surface area contributed by atoms with Crippen molar-refractivity contribution in [1.82, 2.24) is 10.6 Å². The van der Waals surface area contributed by atoms with Gasteiger partial charge in [0.15, 0.2) is 11.5 Å². The average molecular weight is 723 g/mol. The van der Waals surface area contributed by atoms with Crippen LogP contribution < -0.4 is 15.4 Å². The van der Waals surface area contributed by atoms with Gasteiger partial charge in [-0.3, -0.25) is 0 Å². The van der Waals surface area contributed by atoms with Crippen molar-refractivity contribution < 1.29 is 14.9 Å². The van der Waals surface area contributed by atoms with Gasteiger partial charge in [0, 0.05) is 6.04 Å². The summed E-state index contributed by atoms with van der Waals surface area (Å²) in [7, 11) is 1.61. The Kier molecular flexibility index (Phi) is 16.1. The van der Waals surface area contributed by atoms with Crippen LogP contribution in [0.3, 0.4) is 0 Å². The summed E-state index contributed by atoms with van der Waals surface area (Å²) in [6.07, 6.45) is 27.4. The number of aryl methyl sites for hydroxylation is 1. The molecule has 0 aliphatic heterocycles. The van der Waals surface area contributed by atoms with Crippen molar-refractivity contribution in [2.45, 2.75) is 182 Å². The molecule has 10 atom stereocenters. The predicted octanol–water partition coefficient (Wildman–Crippen LogP) is 11.1. The van der Waals surface area contributed by atoms with Crippen LogP contribution in [0.5, 0.6) is 11.5 Å². The maximum absolute atomic E-state index is 11.9. The molecule has 5 heteroatoms. The molecule has 5 nitrogen and oxygen atoms in total. The molecule has 0 spiro atoms. The SMILES string of the molecule is COc1cc(CCCCCCCCCCNCCCN[C@H]2CC[C@]3(C)C4CC[C@@]5(C)C(CC[C@@H]5[C@H](C)CCCC(C)C)C4C(O)C[C@H]3C2)ccc1O. The molecule has 4 aliphatic rings. The van der Waals surface area contributed by atoms with E-state index in [1.807, 2.05) is 12.1 Å². The van der Waals surface area contributed by atoms with Crippen LogP contribution in [0.25, 0.3) is 0 Å². The zero-order valence-corrected chi connectivity index (χ0v) is 34.7. The third-order valence-electron chi connectivity index (χ3n) is 15.7. The molecule has 0 saturated heterocycles. The minimum absolute atomic E-state index is 0.0846. The number of aliphatic hydroxyl groups excluding tert-OH is 1. The van der Waals surface area contributed by atoms with Gasteiger partial charge in [0.25, 0.3) is 0 Å². The van der Waals surface area contributed by atoms with Crippen molar-refractivity contribution >= 4 is 0 Å². The molecule has 4 aliphatic carbocycles. The van der Waals surface area contributed by atoms with E-state index in [2.05, 4.69) is 45.3 Å². The van der Waals surface area contributed by atoms with E-state index in [0.717, 1.165) is 62.1 Å². The van der Waals surface area contributed by atoms with Crippen molar-refractivity contribution in [1.29, 1.82) is 0 Å². The number of fused-ring (bicyclic) bond motifs is 5. The highest BCUT2D eigenvalue weighted by Gasteiger charge is 2.62. The third kappa shape index (κ3) is 10.5. The number of hydrogen-bond acceptors (Lipinski definition) is 5. The van der Waals surface area contributed by atoms with Gasteiger partial charge in [-0.2, -0.15) is 0 Å². The number of phenols is 1. The van der Waals surface area contributed by atoms with Crippen LogP contribution in [0.4, 0.5) is 0 Å². The molecular weight excluding hydrogens is 641 g/mol. The van der Waals surface area contributed by atoms with Crippen LogP contribution in [0, 0.1) is 52.3 Å². The summed E-state index contributed by atoms with van der Waals surface area (Å²) < 4.78 is 5.23. The summed E-state index contributed by atoms with van der Waals surface area (Å²) >= 11 is 0. The second kappa shape index (κ2) is 20.0. The molecule has 5 rings (SSSR count). The van der Waals surface area contributed by atoms with E-state index in [1.54, 1.807) is 13.2 Å². The minimum atomic E-state index is -0.0846. The summed E-state index contributed by atoms with van der Waals surface area (Å²) in [4.78, 5) is 0. The Bertz CT molecular complexity index is 1190. The molecule has 4 unspecified atom stereocenters. The van der Waals surface area contributed by atoms with Gasteiger partial charge in [-0.15, -0.1) is 0 Å². The Balaban J connectivity index is 0.902. The molecule has 1 aromatic carbocycles.